The maximum atomic E-state index is 9.25. The zero-order valence-corrected chi connectivity index (χ0v) is 8.78. The van der Waals surface area contributed by atoms with Crippen molar-refractivity contribution in [3.8, 4) is 0 Å². The van der Waals surface area contributed by atoms with E-state index in [2.05, 4.69) is 18.8 Å². The average molecular weight is 229 g/mol. The first-order valence-corrected chi connectivity index (χ1v) is 4.78. The van der Waals surface area contributed by atoms with E-state index in [-0.39, 0.29) is 0 Å². The molecule has 4 N–H and O–H groups in total. The molecule has 0 aromatic heterocycles. The first-order chi connectivity index (χ1) is 6.18. The minimum atomic E-state index is -4.67. The molecule has 0 aliphatic rings. The van der Waals surface area contributed by atoms with Gasteiger partial charge in [0.15, 0.2) is 0 Å². The number of nitrogens with one attached hydrogen (secondary N) is 1. The Hall–Kier alpha value is -0.960. The number of carboxylic acids is 1. The van der Waals surface area contributed by atoms with Crippen LogP contribution in [-0.2, 0) is 15.2 Å². The van der Waals surface area contributed by atoms with Crippen LogP contribution in [0.1, 0.15) is 6.92 Å². The third-order valence-electron chi connectivity index (χ3n) is 0.528. The molecule has 0 spiro atoms. The van der Waals surface area contributed by atoms with Crippen molar-refractivity contribution in [3.63, 3.8) is 0 Å². The normalized spacial score (nSPS) is 8.57. The molecule has 0 saturated heterocycles. The van der Waals surface area contributed by atoms with Gasteiger partial charge >= 0.3 is 16.4 Å². The summed E-state index contributed by atoms with van der Waals surface area (Å²) in [5.74, 6) is -0.981. The van der Waals surface area contributed by atoms with Crippen molar-refractivity contribution in [3.05, 3.63) is 12.7 Å². The minimum absolute atomic E-state index is 0.833. The number of carboxylic acid groups (broad SMARTS) is 1. The summed E-state index contributed by atoms with van der Waals surface area (Å²) in [7, 11) is -2.74. The number of carbonyl (C=O) groups is 1. The van der Waals surface area contributed by atoms with E-state index in [1.165, 1.54) is 0 Å². The zero-order chi connectivity index (χ0) is 12.2. The van der Waals surface area contributed by atoms with E-state index in [0.717, 1.165) is 12.6 Å². The van der Waals surface area contributed by atoms with Crippen LogP contribution in [-0.4, -0.2) is 42.2 Å². The number of hydrogen-bond donors (Lipinski definition) is 4. The fourth-order valence-electron chi connectivity index (χ4n) is 0. The highest BCUT2D eigenvalue weighted by atomic mass is 32.3. The largest absolute Gasteiger partial charge is 0.478 e. The maximum Gasteiger partial charge on any atom is 0.394 e. The minimum Gasteiger partial charge on any atom is -0.478 e. The van der Waals surface area contributed by atoms with Crippen LogP contribution in [0.4, 0.5) is 0 Å². The van der Waals surface area contributed by atoms with Crippen molar-refractivity contribution in [1.82, 2.24) is 5.32 Å². The van der Waals surface area contributed by atoms with Crippen LogP contribution in [0.25, 0.3) is 0 Å². The van der Waals surface area contributed by atoms with Crippen molar-refractivity contribution in [2.75, 3.05) is 13.6 Å². The fourth-order valence-corrected chi connectivity index (χ4v) is 0. The van der Waals surface area contributed by atoms with Crippen LogP contribution in [0.2, 0.25) is 0 Å². The molecule has 7 nitrogen and oxygen atoms in total. The molecule has 0 rings (SSSR count). The molecule has 0 aliphatic carbocycles. The van der Waals surface area contributed by atoms with Gasteiger partial charge in [0.2, 0.25) is 0 Å². The third kappa shape index (κ3) is 267. The molecule has 8 heteroatoms. The van der Waals surface area contributed by atoms with Crippen LogP contribution < -0.4 is 5.32 Å². The molecule has 0 saturated carbocycles. The Morgan fingerprint density at radius 2 is 1.64 bits per heavy atom. The summed E-state index contributed by atoms with van der Waals surface area (Å²) in [5, 5.41) is 10.5. The lowest BCUT2D eigenvalue weighted by molar-refractivity contribution is -0.131. The molecular formula is C6H15NO6S. The van der Waals surface area contributed by atoms with Gasteiger partial charge in [-0.2, -0.15) is 8.42 Å². The predicted molar refractivity (Wildman–Crippen MR) is 51.6 cm³/mol. The van der Waals surface area contributed by atoms with Gasteiger partial charge in [-0.25, -0.2) is 4.79 Å². The van der Waals surface area contributed by atoms with Crippen molar-refractivity contribution in [1.29, 1.82) is 0 Å². The van der Waals surface area contributed by atoms with Crippen molar-refractivity contribution in [2.45, 2.75) is 6.92 Å². The van der Waals surface area contributed by atoms with Crippen LogP contribution >= 0.6 is 0 Å². The lowest BCUT2D eigenvalue weighted by Crippen LogP contribution is -2.01. The highest BCUT2D eigenvalue weighted by Crippen LogP contribution is 1.59. The molecule has 14 heavy (non-hydrogen) atoms. The SMILES string of the molecule is C=CC(=O)O.CCNC.O=S(=O)(O)O. The standard InChI is InChI=1S/C3H9N.C3H4O2.H2O4S/c1-3-4-2;1-2-3(4)5;1-5(2,3)4/h4H,3H2,1-2H3;2H,1H2,(H,4,5);(H2,1,2,3,4). The summed E-state index contributed by atoms with van der Waals surface area (Å²) in [4.78, 5) is 9.25. The van der Waals surface area contributed by atoms with Crippen molar-refractivity contribution < 1.29 is 27.4 Å². The molecule has 0 aromatic carbocycles. The van der Waals surface area contributed by atoms with Gasteiger partial charge in [0, 0.05) is 6.08 Å². The molecular weight excluding hydrogens is 214 g/mol. The summed E-state index contributed by atoms with van der Waals surface area (Å²) in [5.41, 5.74) is 0. The first kappa shape index (κ1) is 18.8. The lowest BCUT2D eigenvalue weighted by Gasteiger charge is -1.76. The van der Waals surface area contributed by atoms with E-state index in [1.54, 1.807) is 0 Å². The molecule has 0 fully saturated rings. The summed E-state index contributed by atoms with van der Waals surface area (Å²) >= 11 is 0. The van der Waals surface area contributed by atoms with Gasteiger partial charge in [-0.05, 0) is 13.6 Å². The Morgan fingerprint density at radius 1 is 1.50 bits per heavy atom. The van der Waals surface area contributed by atoms with Crippen molar-refractivity contribution >= 4 is 16.4 Å². The van der Waals surface area contributed by atoms with E-state index in [1.807, 2.05) is 7.05 Å². The van der Waals surface area contributed by atoms with Gasteiger partial charge in [-0.15, -0.1) is 0 Å². The molecule has 0 amide bonds. The van der Waals surface area contributed by atoms with Gasteiger partial charge in [0.1, 0.15) is 0 Å². The molecule has 0 radical (unpaired) electrons. The van der Waals surface area contributed by atoms with E-state index < -0.39 is 16.4 Å². The predicted octanol–water partition coefficient (Wildman–Crippen LogP) is -0.170. The number of rotatable bonds is 2. The molecule has 0 unspecified atom stereocenters. The Kier molecular flexibility index (Phi) is 16.1. The highest BCUT2D eigenvalue weighted by Gasteiger charge is 1.84. The van der Waals surface area contributed by atoms with E-state index in [0.29, 0.717) is 0 Å². The van der Waals surface area contributed by atoms with E-state index in [9.17, 15) is 4.79 Å². The summed E-state index contributed by atoms with van der Waals surface area (Å²) < 4.78 is 31.6. The monoisotopic (exact) mass is 229 g/mol. The first-order valence-electron chi connectivity index (χ1n) is 3.38. The second kappa shape index (κ2) is 12.0. The lowest BCUT2D eigenvalue weighted by atomic mass is 10.7. The van der Waals surface area contributed by atoms with Gasteiger partial charge in [0.05, 0.1) is 0 Å². The van der Waals surface area contributed by atoms with E-state index in [4.69, 9.17) is 22.6 Å². The topological polar surface area (TPSA) is 124 Å². The molecule has 0 bridgehead atoms. The Morgan fingerprint density at radius 3 is 1.64 bits per heavy atom. The Balaban J connectivity index is -0.000000131. The van der Waals surface area contributed by atoms with Gasteiger partial charge in [0.25, 0.3) is 0 Å². The quantitative estimate of drug-likeness (QED) is 0.382. The van der Waals surface area contributed by atoms with Crippen LogP contribution in [0.3, 0.4) is 0 Å². The third-order valence-corrected chi connectivity index (χ3v) is 0.528. The van der Waals surface area contributed by atoms with Crippen molar-refractivity contribution in [2.24, 2.45) is 0 Å². The van der Waals surface area contributed by atoms with Crippen LogP contribution in [0, 0.1) is 0 Å². The number of hydrogen-bond acceptors (Lipinski definition) is 4. The average Bonchev–Trinajstić information content (AvgIpc) is 2.02. The Labute approximate surface area is 83.0 Å². The van der Waals surface area contributed by atoms with Gasteiger partial charge in [-0.3, -0.25) is 9.11 Å². The summed E-state index contributed by atoms with van der Waals surface area (Å²) in [6.07, 6.45) is 0.833. The summed E-state index contributed by atoms with van der Waals surface area (Å²) in [6.45, 7) is 6.10. The van der Waals surface area contributed by atoms with Crippen LogP contribution in [0.15, 0.2) is 12.7 Å². The van der Waals surface area contributed by atoms with Gasteiger partial charge in [-0.1, -0.05) is 13.5 Å². The second-order valence-corrected chi connectivity index (χ2v) is 2.59. The highest BCUT2D eigenvalue weighted by molar-refractivity contribution is 7.79. The number of aliphatic carboxylic acids is 1. The van der Waals surface area contributed by atoms with E-state index >= 15 is 0 Å². The van der Waals surface area contributed by atoms with Gasteiger partial charge < -0.3 is 10.4 Å². The molecule has 0 aliphatic heterocycles. The second-order valence-electron chi connectivity index (χ2n) is 1.70. The smallest absolute Gasteiger partial charge is 0.394 e. The molecule has 0 atom stereocenters. The molecule has 0 heterocycles. The molecule has 0 aromatic rings. The molecule has 86 valence electrons. The van der Waals surface area contributed by atoms with Crippen LogP contribution in [0.5, 0.6) is 0 Å². The zero-order valence-electron chi connectivity index (χ0n) is 7.97. The Bertz CT molecular complexity index is 225. The fraction of sp³-hybridized carbons (Fsp3) is 0.500. The maximum absolute atomic E-state index is 9.25. The summed E-state index contributed by atoms with van der Waals surface area (Å²) in [6, 6.07) is 0.